The maximum absolute atomic E-state index is 12.5. The molecule has 0 spiro atoms. The van der Waals surface area contributed by atoms with Gasteiger partial charge in [-0.05, 0) is 37.0 Å². The van der Waals surface area contributed by atoms with Crippen molar-refractivity contribution < 1.29 is 14.7 Å². The van der Waals surface area contributed by atoms with Crippen molar-refractivity contribution in [2.45, 2.75) is 25.8 Å². The summed E-state index contributed by atoms with van der Waals surface area (Å²) in [4.78, 5) is 24.8. The second kappa shape index (κ2) is 8.69. The van der Waals surface area contributed by atoms with Crippen molar-refractivity contribution >= 4 is 29.3 Å². The first-order valence-corrected chi connectivity index (χ1v) is 8.20. The molecule has 21 heavy (non-hydrogen) atoms. The Kier molecular flexibility index (Phi) is 7.25. The number of hydrogen-bond donors (Lipinski definition) is 2. The van der Waals surface area contributed by atoms with Gasteiger partial charge in [0.05, 0.1) is 12.5 Å². The molecule has 0 radical (unpaired) electrons. The van der Waals surface area contributed by atoms with Crippen molar-refractivity contribution in [1.82, 2.24) is 0 Å². The molecule has 1 aromatic carbocycles. The lowest BCUT2D eigenvalue weighted by Gasteiger charge is -2.26. The smallest absolute Gasteiger partial charge is 0.305 e. The number of anilines is 1. The number of benzene rings is 1. The molecular weight excluding hydrogens is 288 g/mol. The number of rotatable bonds is 8. The van der Waals surface area contributed by atoms with Crippen LogP contribution in [-0.4, -0.2) is 41.6 Å². The van der Waals surface area contributed by atoms with Crippen molar-refractivity contribution in [3.8, 4) is 0 Å². The summed E-state index contributed by atoms with van der Waals surface area (Å²) >= 11 is 1.63. The van der Waals surface area contributed by atoms with Crippen LogP contribution in [0.25, 0.3) is 0 Å². The van der Waals surface area contributed by atoms with Gasteiger partial charge in [0.25, 0.3) is 0 Å². The van der Waals surface area contributed by atoms with Gasteiger partial charge >= 0.3 is 5.97 Å². The van der Waals surface area contributed by atoms with Gasteiger partial charge in [-0.25, -0.2) is 0 Å². The van der Waals surface area contributed by atoms with E-state index in [1.54, 1.807) is 11.8 Å². The highest BCUT2D eigenvalue weighted by Gasteiger charge is 2.23. The molecule has 0 heterocycles. The van der Waals surface area contributed by atoms with Crippen LogP contribution in [0.5, 0.6) is 0 Å². The van der Waals surface area contributed by atoms with Crippen molar-refractivity contribution in [3.05, 3.63) is 29.8 Å². The number of nitrogens with two attached hydrogens (primary N) is 1. The Morgan fingerprint density at radius 1 is 1.38 bits per heavy atom. The molecule has 0 fully saturated rings. The fourth-order valence-electron chi connectivity index (χ4n) is 1.99. The lowest BCUT2D eigenvalue weighted by Crippen LogP contribution is -2.45. The molecule has 0 aliphatic heterocycles. The van der Waals surface area contributed by atoms with E-state index in [4.69, 9.17) is 10.8 Å². The largest absolute Gasteiger partial charge is 0.481 e. The summed E-state index contributed by atoms with van der Waals surface area (Å²) in [5.41, 5.74) is 7.60. The van der Waals surface area contributed by atoms with Crippen LogP contribution in [0.15, 0.2) is 24.3 Å². The lowest BCUT2D eigenvalue weighted by atomic mass is 10.1. The van der Waals surface area contributed by atoms with E-state index in [9.17, 15) is 9.59 Å². The van der Waals surface area contributed by atoms with E-state index in [2.05, 4.69) is 0 Å². The molecule has 0 bridgehead atoms. The number of carbonyl (C=O) groups is 2. The van der Waals surface area contributed by atoms with Crippen LogP contribution in [0.1, 0.15) is 18.4 Å². The van der Waals surface area contributed by atoms with Crippen molar-refractivity contribution in [2.75, 3.05) is 23.5 Å². The number of para-hydroxylation sites is 1. The Balaban J connectivity index is 2.94. The number of amides is 1. The first-order valence-electron chi connectivity index (χ1n) is 6.80. The Labute approximate surface area is 129 Å². The van der Waals surface area contributed by atoms with Crippen LogP contribution in [0, 0.1) is 6.92 Å². The Morgan fingerprint density at radius 3 is 2.62 bits per heavy atom. The van der Waals surface area contributed by atoms with Crippen molar-refractivity contribution in [2.24, 2.45) is 5.73 Å². The highest BCUT2D eigenvalue weighted by atomic mass is 32.2. The number of carboxylic acids is 1. The second-order valence-corrected chi connectivity index (χ2v) is 5.79. The van der Waals surface area contributed by atoms with Crippen molar-refractivity contribution in [3.63, 3.8) is 0 Å². The predicted octanol–water partition coefficient (Wildman–Crippen LogP) is 1.88. The number of thioether (sulfide) groups is 1. The zero-order valence-corrected chi connectivity index (χ0v) is 13.2. The molecule has 1 rings (SSSR count). The number of aliphatic carboxylic acids is 1. The Hall–Kier alpha value is -1.53. The lowest BCUT2D eigenvalue weighted by molar-refractivity contribution is -0.136. The van der Waals surface area contributed by atoms with E-state index >= 15 is 0 Å². The summed E-state index contributed by atoms with van der Waals surface area (Å²) in [6.45, 7) is 2.02. The van der Waals surface area contributed by atoms with Gasteiger partial charge in [0, 0.05) is 12.2 Å². The maximum atomic E-state index is 12.5. The predicted molar refractivity (Wildman–Crippen MR) is 86.8 cm³/mol. The Morgan fingerprint density at radius 2 is 2.05 bits per heavy atom. The van der Waals surface area contributed by atoms with Gasteiger partial charge in [-0.2, -0.15) is 11.8 Å². The van der Waals surface area contributed by atoms with Crippen molar-refractivity contribution in [1.29, 1.82) is 0 Å². The molecular formula is C15H22N2O3S. The molecule has 0 aromatic heterocycles. The van der Waals surface area contributed by atoms with Crippen LogP contribution in [0.3, 0.4) is 0 Å². The minimum Gasteiger partial charge on any atom is -0.481 e. The monoisotopic (exact) mass is 310 g/mol. The van der Waals surface area contributed by atoms with Gasteiger partial charge in [0.2, 0.25) is 5.91 Å². The summed E-state index contributed by atoms with van der Waals surface area (Å²) in [5, 5.41) is 8.87. The standard InChI is InChI=1S/C15H22N2O3S/c1-11-5-3-4-6-13(11)17(9-7-14(18)19)15(20)12(16)8-10-21-2/h3-6,12H,7-10,16H2,1-2H3,(H,18,19)/t12-/m0/s1. The summed E-state index contributed by atoms with van der Waals surface area (Å²) in [6.07, 6.45) is 2.44. The third kappa shape index (κ3) is 5.40. The molecule has 0 aliphatic carbocycles. The van der Waals surface area contributed by atoms with E-state index in [0.717, 1.165) is 17.0 Å². The average Bonchev–Trinajstić information content (AvgIpc) is 2.46. The highest BCUT2D eigenvalue weighted by molar-refractivity contribution is 7.98. The molecule has 0 saturated carbocycles. The van der Waals surface area contributed by atoms with Gasteiger partial charge < -0.3 is 15.7 Å². The van der Waals surface area contributed by atoms with E-state index in [1.807, 2.05) is 37.4 Å². The molecule has 0 aliphatic rings. The number of carboxylic acid groups (broad SMARTS) is 1. The van der Waals surface area contributed by atoms with E-state index in [1.165, 1.54) is 4.90 Å². The molecule has 0 saturated heterocycles. The van der Waals surface area contributed by atoms with Crippen LogP contribution >= 0.6 is 11.8 Å². The van der Waals surface area contributed by atoms with Gasteiger partial charge in [-0.1, -0.05) is 18.2 Å². The molecule has 1 atom stereocenters. The normalized spacial score (nSPS) is 12.0. The zero-order chi connectivity index (χ0) is 15.8. The molecule has 1 aromatic rings. The summed E-state index contributed by atoms with van der Waals surface area (Å²) < 4.78 is 0. The topological polar surface area (TPSA) is 83.6 Å². The molecule has 116 valence electrons. The fourth-order valence-corrected chi connectivity index (χ4v) is 2.48. The third-order valence-electron chi connectivity index (χ3n) is 3.17. The van der Waals surface area contributed by atoms with E-state index in [-0.39, 0.29) is 18.9 Å². The second-order valence-electron chi connectivity index (χ2n) is 4.81. The van der Waals surface area contributed by atoms with Crippen LogP contribution in [-0.2, 0) is 9.59 Å². The van der Waals surface area contributed by atoms with Crippen LogP contribution in [0.4, 0.5) is 5.69 Å². The van der Waals surface area contributed by atoms with Crippen LogP contribution in [0.2, 0.25) is 0 Å². The maximum Gasteiger partial charge on any atom is 0.305 e. The van der Waals surface area contributed by atoms with E-state index in [0.29, 0.717) is 6.42 Å². The summed E-state index contributed by atoms with van der Waals surface area (Å²) in [5.74, 6) is -0.355. The molecule has 5 nitrogen and oxygen atoms in total. The first kappa shape index (κ1) is 17.5. The highest BCUT2D eigenvalue weighted by Crippen LogP contribution is 2.21. The van der Waals surface area contributed by atoms with E-state index < -0.39 is 12.0 Å². The SMILES string of the molecule is CSCC[C@H](N)C(=O)N(CCC(=O)O)c1ccccc1C. The molecule has 0 unspecified atom stereocenters. The number of hydrogen-bond acceptors (Lipinski definition) is 4. The van der Waals surface area contributed by atoms with Crippen LogP contribution < -0.4 is 10.6 Å². The summed E-state index contributed by atoms with van der Waals surface area (Å²) in [7, 11) is 0. The molecule has 1 amide bonds. The summed E-state index contributed by atoms with van der Waals surface area (Å²) in [6, 6.07) is 6.81. The quantitative estimate of drug-likeness (QED) is 0.766. The number of carbonyl (C=O) groups excluding carboxylic acids is 1. The fraction of sp³-hybridized carbons (Fsp3) is 0.467. The molecule has 3 N–H and O–H groups in total. The minimum atomic E-state index is -0.931. The van der Waals surface area contributed by atoms with Gasteiger partial charge in [0.15, 0.2) is 0 Å². The number of aryl methyl sites for hydroxylation is 1. The average molecular weight is 310 g/mol. The first-order chi connectivity index (χ1) is 9.97. The number of nitrogens with zero attached hydrogens (tertiary/aromatic N) is 1. The zero-order valence-electron chi connectivity index (χ0n) is 12.4. The van der Waals surface area contributed by atoms with Gasteiger partial charge in [-0.15, -0.1) is 0 Å². The molecule has 6 heteroatoms. The van der Waals surface area contributed by atoms with Gasteiger partial charge in [-0.3, -0.25) is 9.59 Å². The van der Waals surface area contributed by atoms with Gasteiger partial charge in [0.1, 0.15) is 0 Å². The third-order valence-corrected chi connectivity index (χ3v) is 3.82. The Bertz CT molecular complexity index is 494. The minimum absolute atomic E-state index is 0.102.